The maximum atomic E-state index is 12.9. The van der Waals surface area contributed by atoms with E-state index in [-0.39, 0.29) is 11.4 Å². The molecule has 1 aromatic carbocycles. The first-order chi connectivity index (χ1) is 8.77. The van der Waals surface area contributed by atoms with Crippen LogP contribution in [0.15, 0.2) is 30.9 Å². The zero-order chi connectivity index (χ0) is 14.6. The molecule has 1 atom stereocenters. The highest BCUT2D eigenvalue weighted by molar-refractivity contribution is 7.92. The summed E-state index contributed by atoms with van der Waals surface area (Å²) in [6.07, 6.45) is 1.18. The van der Waals surface area contributed by atoms with E-state index in [1.54, 1.807) is 0 Å². The minimum Gasteiger partial charge on any atom is -0.325 e. The first-order valence-corrected chi connectivity index (χ1v) is 7.08. The standard InChI is InChI=1S/C12H13F2NO3S/c1-3-6-19(17,18)8(2)12(16)15-9-4-5-10(13)11(14)7-9/h3-5,7-8H,1,6H2,2H3,(H,15,16). The summed E-state index contributed by atoms with van der Waals surface area (Å²) in [6.45, 7) is 4.51. The van der Waals surface area contributed by atoms with Gasteiger partial charge in [-0.1, -0.05) is 6.08 Å². The zero-order valence-corrected chi connectivity index (χ0v) is 11.0. The third-order valence-corrected chi connectivity index (χ3v) is 4.44. The van der Waals surface area contributed by atoms with Crippen LogP contribution < -0.4 is 5.32 Å². The molecule has 0 bridgehead atoms. The molecule has 4 nitrogen and oxygen atoms in total. The summed E-state index contributed by atoms with van der Waals surface area (Å²) in [7, 11) is -3.65. The van der Waals surface area contributed by atoms with Gasteiger partial charge in [-0.3, -0.25) is 4.79 Å². The Balaban J connectivity index is 2.85. The molecule has 0 aliphatic rings. The number of hydrogen-bond acceptors (Lipinski definition) is 3. The van der Waals surface area contributed by atoms with Gasteiger partial charge >= 0.3 is 0 Å². The molecule has 1 aromatic rings. The van der Waals surface area contributed by atoms with Crippen molar-refractivity contribution in [1.82, 2.24) is 0 Å². The van der Waals surface area contributed by atoms with Crippen LogP contribution in [0.1, 0.15) is 6.92 Å². The molecule has 0 radical (unpaired) electrons. The van der Waals surface area contributed by atoms with Crippen molar-refractivity contribution in [2.75, 3.05) is 11.1 Å². The molecular formula is C12H13F2NO3S. The van der Waals surface area contributed by atoms with Gasteiger partial charge in [0.1, 0.15) is 5.25 Å². The van der Waals surface area contributed by atoms with Crippen molar-refractivity contribution in [2.45, 2.75) is 12.2 Å². The van der Waals surface area contributed by atoms with Crippen LogP contribution in [0.3, 0.4) is 0 Å². The molecule has 1 rings (SSSR count). The predicted molar refractivity (Wildman–Crippen MR) is 68.4 cm³/mol. The van der Waals surface area contributed by atoms with Gasteiger partial charge in [-0.25, -0.2) is 17.2 Å². The van der Waals surface area contributed by atoms with Gasteiger partial charge in [0.2, 0.25) is 5.91 Å². The Morgan fingerprint density at radius 1 is 1.42 bits per heavy atom. The van der Waals surface area contributed by atoms with Crippen LogP contribution >= 0.6 is 0 Å². The van der Waals surface area contributed by atoms with Crippen LogP contribution in [-0.2, 0) is 14.6 Å². The number of nitrogens with one attached hydrogen (secondary N) is 1. The third kappa shape index (κ3) is 3.85. The molecule has 0 aliphatic carbocycles. The summed E-state index contributed by atoms with van der Waals surface area (Å²) in [6, 6.07) is 2.76. The average molecular weight is 289 g/mol. The Bertz CT molecular complexity index is 599. The van der Waals surface area contributed by atoms with E-state index in [0.29, 0.717) is 0 Å². The first kappa shape index (κ1) is 15.3. The van der Waals surface area contributed by atoms with Crippen LogP contribution in [0, 0.1) is 11.6 Å². The Morgan fingerprint density at radius 3 is 2.58 bits per heavy atom. The fourth-order valence-corrected chi connectivity index (χ4v) is 2.29. The summed E-state index contributed by atoms with van der Waals surface area (Å²) in [5, 5.41) is 0.908. The van der Waals surface area contributed by atoms with Gasteiger partial charge in [0, 0.05) is 11.8 Å². The molecule has 0 saturated carbocycles. The lowest BCUT2D eigenvalue weighted by molar-refractivity contribution is -0.115. The van der Waals surface area contributed by atoms with E-state index < -0.39 is 32.6 Å². The second kappa shape index (κ2) is 5.92. The van der Waals surface area contributed by atoms with Gasteiger partial charge in [-0.05, 0) is 19.1 Å². The fourth-order valence-electron chi connectivity index (χ4n) is 1.29. The minimum atomic E-state index is -3.65. The van der Waals surface area contributed by atoms with Crippen molar-refractivity contribution in [3.8, 4) is 0 Å². The molecule has 7 heteroatoms. The summed E-state index contributed by atoms with van der Waals surface area (Å²) < 4.78 is 48.9. The minimum absolute atomic E-state index is 0.00967. The Kier molecular flexibility index (Phi) is 4.77. The first-order valence-electron chi connectivity index (χ1n) is 5.36. The Morgan fingerprint density at radius 2 is 2.05 bits per heavy atom. The molecule has 104 valence electrons. The van der Waals surface area contributed by atoms with E-state index in [1.807, 2.05) is 0 Å². The van der Waals surface area contributed by atoms with Gasteiger partial charge in [0.15, 0.2) is 21.5 Å². The number of anilines is 1. The number of hydrogen-bond donors (Lipinski definition) is 1. The van der Waals surface area contributed by atoms with Crippen LogP contribution in [0.25, 0.3) is 0 Å². The summed E-state index contributed by atoms with van der Waals surface area (Å²) in [5.74, 6) is -3.32. The number of rotatable bonds is 5. The van der Waals surface area contributed by atoms with Crippen molar-refractivity contribution in [3.63, 3.8) is 0 Å². The molecule has 0 heterocycles. The molecule has 19 heavy (non-hydrogen) atoms. The van der Waals surface area contributed by atoms with Crippen molar-refractivity contribution < 1.29 is 22.0 Å². The maximum absolute atomic E-state index is 12.9. The van der Waals surface area contributed by atoms with Crippen molar-refractivity contribution in [2.24, 2.45) is 0 Å². The fraction of sp³-hybridized carbons (Fsp3) is 0.250. The predicted octanol–water partition coefficient (Wildman–Crippen LogP) is 1.89. The van der Waals surface area contributed by atoms with Gasteiger partial charge in [0.25, 0.3) is 0 Å². The summed E-state index contributed by atoms with van der Waals surface area (Å²) >= 11 is 0. The molecule has 1 N–H and O–H groups in total. The second-order valence-corrected chi connectivity index (χ2v) is 6.24. The topological polar surface area (TPSA) is 63.2 Å². The highest BCUT2D eigenvalue weighted by Crippen LogP contribution is 2.14. The monoisotopic (exact) mass is 289 g/mol. The number of carbonyl (C=O) groups is 1. The number of sulfone groups is 1. The zero-order valence-electron chi connectivity index (χ0n) is 10.2. The smallest absolute Gasteiger partial charge is 0.242 e. The van der Waals surface area contributed by atoms with E-state index in [0.717, 1.165) is 18.2 Å². The third-order valence-electron chi connectivity index (χ3n) is 2.45. The number of amides is 1. The molecule has 1 amide bonds. The molecule has 1 unspecified atom stereocenters. The Labute approximate surface area is 110 Å². The van der Waals surface area contributed by atoms with Crippen LogP contribution in [0.2, 0.25) is 0 Å². The van der Waals surface area contributed by atoms with Crippen molar-refractivity contribution in [3.05, 3.63) is 42.5 Å². The SMILES string of the molecule is C=CCS(=O)(=O)C(C)C(=O)Nc1ccc(F)c(F)c1. The van der Waals surface area contributed by atoms with Crippen molar-refractivity contribution in [1.29, 1.82) is 0 Å². The highest BCUT2D eigenvalue weighted by atomic mass is 32.2. The van der Waals surface area contributed by atoms with Gasteiger partial charge in [-0.15, -0.1) is 6.58 Å². The lowest BCUT2D eigenvalue weighted by Crippen LogP contribution is -2.33. The van der Waals surface area contributed by atoms with E-state index >= 15 is 0 Å². The molecule has 0 aromatic heterocycles. The van der Waals surface area contributed by atoms with E-state index in [9.17, 15) is 22.0 Å². The Hall–Kier alpha value is -1.76. The van der Waals surface area contributed by atoms with Crippen LogP contribution in [0.5, 0.6) is 0 Å². The molecule has 0 fully saturated rings. The maximum Gasteiger partial charge on any atom is 0.242 e. The average Bonchev–Trinajstić information content (AvgIpc) is 2.32. The van der Waals surface area contributed by atoms with Crippen molar-refractivity contribution >= 4 is 21.4 Å². The van der Waals surface area contributed by atoms with Crippen LogP contribution in [-0.4, -0.2) is 25.3 Å². The van der Waals surface area contributed by atoms with Gasteiger partial charge in [-0.2, -0.15) is 0 Å². The van der Waals surface area contributed by atoms with Gasteiger partial charge < -0.3 is 5.32 Å². The number of halogens is 2. The van der Waals surface area contributed by atoms with E-state index in [4.69, 9.17) is 0 Å². The quantitative estimate of drug-likeness (QED) is 0.842. The molecule has 0 saturated heterocycles. The van der Waals surface area contributed by atoms with E-state index in [1.165, 1.54) is 13.0 Å². The summed E-state index contributed by atoms with van der Waals surface area (Å²) in [5.41, 5.74) is -0.00967. The highest BCUT2D eigenvalue weighted by Gasteiger charge is 2.26. The lowest BCUT2D eigenvalue weighted by Gasteiger charge is -2.12. The molecule has 0 aliphatic heterocycles. The normalized spacial score (nSPS) is 12.8. The molecular weight excluding hydrogens is 276 g/mol. The van der Waals surface area contributed by atoms with Gasteiger partial charge in [0.05, 0.1) is 5.75 Å². The summed E-state index contributed by atoms with van der Waals surface area (Å²) in [4.78, 5) is 11.7. The molecule has 0 spiro atoms. The van der Waals surface area contributed by atoms with Crippen LogP contribution in [0.4, 0.5) is 14.5 Å². The second-order valence-electron chi connectivity index (χ2n) is 3.88. The lowest BCUT2D eigenvalue weighted by atomic mass is 10.3. The number of benzene rings is 1. The van der Waals surface area contributed by atoms with E-state index in [2.05, 4.69) is 11.9 Å². The number of carbonyl (C=O) groups excluding carboxylic acids is 1. The largest absolute Gasteiger partial charge is 0.325 e.